The summed E-state index contributed by atoms with van der Waals surface area (Å²) in [6, 6.07) is 14.5. The topological polar surface area (TPSA) is 125 Å². The number of ether oxygens (including phenoxy) is 1. The lowest BCUT2D eigenvalue weighted by Gasteiger charge is -2.21. The lowest BCUT2D eigenvalue weighted by atomic mass is 9.98. The largest absolute Gasteiger partial charge is 0.480 e. The first-order valence-electron chi connectivity index (χ1n) is 11.7. The molecule has 182 valence electrons. The van der Waals surface area contributed by atoms with Gasteiger partial charge in [-0.15, -0.1) is 0 Å². The minimum atomic E-state index is -1.21. The Labute approximate surface area is 199 Å². The van der Waals surface area contributed by atoms with E-state index < -0.39 is 30.1 Å². The highest BCUT2D eigenvalue weighted by atomic mass is 16.5. The van der Waals surface area contributed by atoms with E-state index in [2.05, 4.69) is 22.8 Å². The first-order valence-corrected chi connectivity index (χ1v) is 11.7. The van der Waals surface area contributed by atoms with Crippen LogP contribution in [0.1, 0.15) is 56.1 Å². The van der Waals surface area contributed by atoms with Crippen LogP contribution >= 0.6 is 0 Å². The van der Waals surface area contributed by atoms with Crippen molar-refractivity contribution >= 4 is 18.0 Å². The van der Waals surface area contributed by atoms with Gasteiger partial charge in [0.1, 0.15) is 12.6 Å². The predicted octanol–water partition coefficient (Wildman–Crippen LogP) is 3.43. The Morgan fingerprint density at radius 3 is 2.15 bits per heavy atom. The number of aliphatic carboxylic acids is 1. The number of hydrogen-bond acceptors (Lipinski definition) is 5. The third-order valence-electron chi connectivity index (χ3n) is 6.05. The van der Waals surface area contributed by atoms with Crippen LogP contribution in [0.15, 0.2) is 48.5 Å². The van der Waals surface area contributed by atoms with Crippen LogP contribution in [0.4, 0.5) is 4.79 Å². The van der Waals surface area contributed by atoms with Gasteiger partial charge in [-0.1, -0.05) is 68.3 Å². The molecule has 0 bridgehead atoms. The van der Waals surface area contributed by atoms with E-state index in [1.54, 1.807) is 0 Å². The summed E-state index contributed by atoms with van der Waals surface area (Å²) in [5.41, 5.74) is 4.50. The number of nitrogens with one attached hydrogen (secondary N) is 2. The number of fused-ring (bicyclic) bond motifs is 3. The number of carbonyl (C=O) groups excluding carboxylic acids is 2. The molecule has 8 nitrogen and oxygen atoms in total. The Kier molecular flexibility index (Phi) is 9.04. The standard InChI is InChI=1S/C26H32N2O6/c1-2-3-8-17(15-24(30)28-23(13-14-29)25(31)32)27-26(33)34-16-22-20-11-6-4-9-18(20)19-10-5-7-12-21(19)22/h4-7,9-12,17,22-23,29H,2-3,8,13-16H2,1H3,(H,27,33)(H,28,30)(H,31,32). The van der Waals surface area contributed by atoms with Gasteiger partial charge < -0.3 is 25.6 Å². The summed E-state index contributed by atoms with van der Waals surface area (Å²) < 4.78 is 5.58. The molecule has 0 fully saturated rings. The molecular formula is C26H32N2O6. The van der Waals surface area contributed by atoms with Crippen LogP contribution in [0, 0.1) is 0 Å². The van der Waals surface area contributed by atoms with Crippen LogP contribution in [0.25, 0.3) is 11.1 Å². The van der Waals surface area contributed by atoms with Crippen molar-refractivity contribution in [2.75, 3.05) is 13.2 Å². The van der Waals surface area contributed by atoms with Crippen LogP contribution in [-0.4, -0.2) is 53.5 Å². The molecule has 2 atom stereocenters. The molecule has 0 saturated heterocycles. The van der Waals surface area contributed by atoms with E-state index in [1.807, 2.05) is 43.3 Å². The second kappa shape index (κ2) is 12.2. The smallest absolute Gasteiger partial charge is 0.407 e. The summed E-state index contributed by atoms with van der Waals surface area (Å²) in [6.45, 7) is 1.82. The second-order valence-electron chi connectivity index (χ2n) is 8.48. The van der Waals surface area contributed by atoms with E-state index in [9.17, 15) is 19.5 Å². The highest BCUT2D eigenvalue weighted by Crippen LogP contribution is 2.44. The molecule has 3 rings (SSSR count). The number of benzene rings is 2. The van der Waals surface area contributed by atoms with Gasteiger partial charge in [-0.2, -0.15) is 0 Å². The lowest BCUT2D eigenvalue weighted by molar-refractivity contribution is -0.142. The molecule has 0 radical (unpaired) electrons. The number of amides is 2. The van der Waals surface area contributed by atoms with Gasteiger partial charge in [-0.25, -0.2) is 9.59 Å². The predicted molar refractivity (Wildman–Crippen MR) is 127 cm³/mol. The van der Waals surface area contributed by atoms with E-state index in [0.717, 1.165) is 35.1 Å². The van der Waals surface area contributed by atoms with Gasteiger partial charge in [-0.3, -0.25) is 4.79 Å². The zero-order valence-corrected chi connectivity index (χ0v) is 19.3. The van der Waals surface area contributed by atoms with E-state index in [-0.39, 0.29) is 32.0 Å². The third kappa shape index (κ3) is 6.35. The van der Waals surface area contributed by atoms with Crippen LogP contribution < -0.4 is 10.6 Å². The number of unbranched alkanes of at least 4 members (excludes halogenated alkanes) is 1. The number of hydrogen-bond donors (Lipinski definition) is 4. The fraction of sp³-hybridized carbons (Fsp3) is 0.423. The number of carboxylic acid groups (broad SMARTS) is 1. The molecule has 2 aromatic rings. The maximum atomic E-state index is 12.6. The molecule has 34 heavy (non-hydrogen) atoms. The zero-order chi connectivity index (χ0) is 24.5. The molecule has 0 heterocycles. The van der Waals surface area contributed by atoms with E-state index in [4.69, 9.17) is 9.84 Å². The van der Waals surface area contributed by atoms with Crippen molar-refractivity contribution in [1.29, 1.82) is 0 Å². The summed E-state index contributed by atoms with van der Waals surface area (Å²) in [5, 5.41) is 23.3. The molecule has 2 amide bonds. The average Bonchev–Trinajstić information content (AvgIpc) is 3.14. The SMILES string of the molecule is CCCCC(CC(=O)NC(CCO)C(=O)O)NC(=O)OCC1c2ccccc2-c2ccccc21. The van der Waals surface area contributed by atoms with Crippen molar-refractivity contribution in [2.45, 2.75) is 57.0 Å². The summed E-state index contributed by atoms with van der Waals surface area (Å²) in [6.07, 6.45) is 1.47. The number of aliphatic hydroxyl groups excluding tert-OH is 1. The molecule has 0 aromatic heterocycles. The van der Waals surface area contributed by atoms with Gasteiger partial charge in [0, 0.05) is 31.4 Å². The van der Waals surface area contributed by atoms with Gasteiger partial charge in [0.05, 0.1) is 0 Å². The first kappa shape index (κ1) is 25.2. The molecule has 8 heteroatoms. The highest BCUT2D eigenvalue weighted by Gasteiger charge is 2.29. The van der Waals surface area contributed by atoms with Gasteiger partial charge in [0.25, 0.3) is 0 Å². The fourth-order valence-corrected chi connectivity index (χ4v) is 4.35. The molecular weight excluding hydrogens is 436 g/mol. The first-order chi connectivity index (χ1) is 16.4. The van der Waals surface area contributed by atoms with Crippen LogP contribution in [0.2, 0.25) is 0 Å². The van der Waals surface area contributed by atoms with Crippen molar-refractivity contribution in [1.82, 2.24) is 10.6 Å². The third-order valence-corrected chi connectivity index (χ3v) is 6.05. The molecule has 0 saturated carbocycles. The molecule has 0 spiro atoms. The van der Waals surface area contributed by atoms with E-state index >= 15 is 0 Å². The van der Waals surface area contributed by atoms with E-state index in [0.29, 0.717) is 6.42 Å². The maximum absolute atomic E-state index is 12.6. The Morgan fingerprint density at radius 1 is 0.971 bits per heavy atom. The highest BCUT2D eigenvalue weighted by molar-refractivity contribution is 5.84. The van der Waals surface area contributed by atoms with Crippen LogP contribution in [-0.2, 0) is 14.3 Å². The lowest BCUT2D eigenvalue weighted by Crippen LogP contribution is -2.45. The minimum Gasteiger partial charge on any atom is -0.480 e. The fourth-order valence-electron chi connectivity index (χ4n) is 4.35. The molecule has 2 unspecified atom stereocenters. The summed E-state index contributed by atoms with van der Waals surface area (Å²) in [5.74, 6) is -1.77. The van der Waals surface area contributed by atoms with Gasteiger partial charge in [0.15, 0.2) is 0 Å². The van der Waals surface area contributed by atoms with Crippen LogP contribution in [0.3, 0.4) is 0 Å². The zero-order valence-electron chi connectivity index (χ0n) is 19.3. The van der Waals surface area contributed by atoms with Crippen molar-refractivity contribution in [3.8, 4) is 11.1 Å². The Morgan fingerprint density at radius 2 is 1.59 bits per heavy atom. The van der Waals surface area contributed by atoms with Crippen molar-refractivity contribution in [3.63, 3.8) is 0 Å². The summed E-state index contributed by atoms with van der Waals surface area (Å²) in [4.78, 5) is 36.2. The van der Waals surface area contributed by atoms with Crippen LogP contribution in [0.5, 0.6) is 0 Å². The summed E-state index contributed by atoms with van der Waals surface area (Å²) in [7, 11) is 0. The normalized spacial score (nSPS) is 13.9. The molecule has 2 aromatic carbocycles. The number of rotatable bonds is 12. The van der Waals surface area contributed by atoms with Gasteiger partial charge in [-0.05, 0) is 28.7 Å². The summed E-state index contributed by atoms with van der Waals surface area (Å²) >= 11 is 0. The molecule has 0 aliphatic heterocycles. The molecule has 1 aliphatic rings. The monoisotopic (exact) mass is 468 g/mol. The Hall–Kier alpha value is -3.39. The van der Waals surface area contributed by atoms with Gasteiger partial charge >= 0.3 is 12.1 Å². The Bertz CT molecular complexity index is 963. The number of alkyl carbamates (subject to hydrolysis) is 1. The second-order valence-corrected chi connectivity index (χ2v) is 8.48. The van der Waals surface area contributed by atoms with Gasteiger partial charge in [0.2, 0.25) is 5.91 Å². The van der Waals surface area contributed by atoms with Crippen molar-refractivity contribution in [3.05, 3.63) is 59.7 Å². The molecule has 4 N–H and O–H groups in total. The Balaban J connectivity index is 1.60. The number of carboxylic acids is 1. The van der Waals surface area contributed by atoms with Crippen molar-refractivity contribution in [2.24, 2.45) is 0 Å². The van der Waals surface area contributed by atoms with Crippen molar-refractivity contribution < 1.29 is 29.3 Å². The average molecular weight is 469 g/mol. The maximum Gasteiger partial charge on any atom is 0.407 e. The quantitative estimate of drug-likeness (QED) is 0.378. The number of aliphatic hydroxyl groups is 1. The number of carbonyl (C=O) groups is 3. The molecule has 1 aliphatic carbocycles. The van der Waals surface area contributed by atoms with E-state index in [1.165, 1.54) is 0 Å². The minimum absolute atomic E-state index is 0.0645.